The number of nitrogens with zero attached hydrogens (tertiary/aromatic N) is 3. The lowest BCUT2D eigenvalue weighted by atomic mass is 10.1. The number of oxime groups is 1. The van der Waals surface area contributed by atoms with Crippen LogP contribution in [0.4, 0.5) is 5.82 Å². The maximum Gasteiger partial charge on any atom is 0.197 e. The SMILES string of the molecule is Nc1nonc1C(Cc1ccc(Cl)c(Cl)c1)=NO. The Hall–Kier alpha value is -1.79. The normalized spacial score (nSPS) is 11.8. The quantitative estimate of drug-likeness (QED) is 0.513. The highest BCUT2D eigenvalue weighted by molar-refractivity contribution is 6.42. The van der Waals surface area contributed by atoms with Gasteiger partial charge in [-0.2, -0.15) is 0 Å². The molecule has 2 aromatic rings. The van der Waals surface area contributed by atoms with Gasteiger partial charge in [0.25, 0.3) is 0 Å². The molecule has 0 aliphatic carbocycles. The molecule has 0 saturated heterocycles. The number of anilines is 1. The van der Waals surface area contributed by atoms with Gasteiger partial charge in [0, 0.05) is 6.42 Å². The van der Waals surface area contributed by atoms with Crippen molar-refractivity contribution in [2.45, 2.75) is 6.42 Å². The lowest BCUT2D eigenvalue weighted by molar-refractivity contribution is 0.304. The zero-order chi connectivity index (χ0) is 13.1. The summed E-state index contributed by atoms with van der Waals surface area (Å²) in [6, 6.07) is 5.07. The van der Waals surface area contributed by atoms with Gasteiger partial charge in [-0.1, -0.05) is 34.4 Å². The largest absolute Gasteiger partial charge is 0.411 e. The molecule has 1 aromatic heterocycles. The fraction of sp³-hybridized carbons (Fsp3) is 0.100. The van der Waals surface area contributed by atoms with E-state index in [9.17, 15) is 0 Å². The lowest BCUT2D eigenvalue weighted by Gasteiger charge is -2.03. The Morgan fingerprint density at radius 2 is 2.11 bits per heavy atom. The van der Waals surface area contributed by atoms with Crippen molar-refractivity contribution >= 4 is 34.7 Å². The van der Waals surface area contributed by atoms with Gasteiger partial charge in [0.05, 0.1) is 10.0 Å². The standard InChI is InChI=1S/C10H8Cl2N4O2/c11-6-2-1-5(3-7(6)12)4-8(14-17)9-10(13)16-18-15-9/h1-3,17H,4H2,(H2,13,16). The van der Waals surface area contributed by atoms with Crippen molar-refractivity contribution < 1.29 is 9.84 Å². The number of halogens is 2. The highest BCUT2D eigenvalue weighted by Crippen LogP contribution is 2.23. The molecule has 3 N–H and O–H groups in total. The molecular formula is C10H8Cl2N4O2. The molecule has 0 saturated carbocycles. The van der Waals surface area contributed by atoms with E-state index in [0.717, 1.165) is 5.56 Å². The minimum atomic E-state index is 0.0582. The van der Waals surface area contributed by atoms with E-state index in [1.54, 1.807) is 18.2 Å². The van der Waals surface area contributed by atoms with E-state index in [1.807, 2.05) is 0 Å². The second-order valence-corrected chi connectivity index (χ2v) is 4.28. The molecule has 0 bridgehead atoms. The van der Waals surface area contributed by atoms with Gasteiger partial charge in [-0.25, -0.2) is 4.63 Å². The van der Waals surface area contributed by atoms with Crippen molar-refractivity contribution in [2.75, 3.05) is 5.73 Å². The van der Waals surface area contributed by atoms with Crippen LogP contribution in [0.25, 0.3) is 0 Å². The van der Waals surface area contributed by atoms with Gasteiger partial charge in [-0.05, 0) is 28.0 Å². The molecule has 18 heavy (non-hydrogen) atoms. The molecule has 0 radical (unpaired) electrons. The van der Waals surface area contributed by atoms with Crippen LogP contribution < -0.4 is 5.73 Å². The average molecular weight is 287 g/mol. The summed E-state index contributed by atoms with van der Waals surface area (Å²) >= 11 is 11.7. The Kier molecular flexibility index (Phi) is 3.69. The van der Waals surface area contributed by atoms with Gasteiger partial charge in [-0.15, -0.1) is 0 Å². The molecule has 0 atom stereocenters. The highest BCUT2D eigenvalue weighted by atomic mass is 35.5. The summed E-state index contributed by atoms with van der Waals surface area (Å²) in [5.41, 5.74) is 6.74. The summed E-state index contributed by atoms with van der Waals surface area (Å²) in [4.78, 5) is 0. The van der Waals surface area contributed by atoms with Crippen molar-refractivity contribution in [1.82, 2.24) is 10.3 Å². The van der Waals surface area contributed by atoms with Crippen molar-refractivity contribution in [3.05, 3.63) is 39.5 Å². The van der Waals surface area contributed by atoms with Crippen LogP contribution in [0.5, 0.6) is 0 Å². The summed E-state index contributed by atoms with van der Waals surface area (Å²) < 4.78 is 4.44. The number of aromatic nitrogens is 2. The van der Waals surface area contributed by atoms with E-state index in [0.29, 0.717) is 10.0 Å². The van der Waals surface area contributed by atoms with Gasteiger partial charge in [0.15, 0.2) is 11.5 Å². The average Bonchev–Trinajstić information content (AvgIpc) is 2.77. The highest BCUT2D eigenvalue weighted by Gasteiger charge is 2.15. The molecule has 0 amide bonds. The van der Waals surface area contributed by atoms with Crippen LogP contribution in [0.15, 0.2) is 28.0 Å². The van der Waals surface area contributed by atoms with E-state index in [2.05, 4.69) is 20.1 Å². The maximum atomic E-state index is 8.97. The lowest BCUT2D eigenvalue weighted by Crippen LogP contribution is -2.08. The Bertz CT molecular complexity index is 597. The zero-order valence-corrected chi connectivity index (χ0v) is 10.5. The van der Waals surface area contributed by atoms with E-state index in [1.165, 1.54) is 0 Å². The smallest absolute Gasteiger partial charge is 0.197 e. The number of benzene rings is 1. The number of hydrogen-bond acceptors (Lipinski definition) is 6. The molecule has 1 heterocycles. The number of rotatable bonds is 3. The first-order chi connectivity index (χ1) is 8.61. The third kappa shape index (κ3) is 2.55. The van der Waals surface area contributed by atoms with Crippen LogP contribution >= 0.6 is 23.2 Å². The van der Waals surface area contributed by atoms with Crippen molar-refractivity contribution in [1.29, 1.82) is 0 Å². The minimum absolute atomic E-state index is 0.0582. The predicted molar refractivity (Wildman–Crippen MR) is 67.2 cm³/mol. The van der Waals surface area contributed by atoms with E-state index in [-0.39, 0.29) is 23.6 Å². The molecule has 0 spiro atoms. The summed E-state index contributed by atoms with van der Waals surface area (Å²) in [5.74, 6) is 0.0582. The van der Waals surface area contributed by atoms with Gasteiger partial charge in [0.1, 0.15) is 5.71 Å². The Balaban J connectivity index is 2.27. The van der Waals surface area contributed by atoms with E-state index < -0.39 is 0 Å². The molecular weight excluding hydrogens is 279 g/mol. The molecule has 0 aliphatic rings. The first-order valence-corrected chi connectivity index (χ1v) is 5.60. The number of nitrogens with two attached hydrogens (primary N) is 1. The van der Waals surface area contributed by atoms with Crippen LogP contribution in [-0.4, -0.2) is 21.2 Å². The zero-order valence-electron chi connectivity index (χ0n) is 8.97. The Morgan fingerprint density at radius 3 is 2.67 bits per heavy atom. The molecule has 6 nitrogen and oxygen atoms in total. The topological polar surface area (TPSA) is 97.5 Å². The Labute approximate surface area is 112 Å². The van der Waals surface area contributed by atoms with Gasteiger partial charge < -0.3 is 10.9 Å². The number of hydrogen-bond donors (Lipinski definition) is 2. The molecule has 0 aliphatic heterocycles. The van der Waals surface area contributed by atoms with Crippen LogP contribution in [0.1, 0.15) is 11.3 Å². The second-order valence-electron chi connectivity index (χ2n) is 3.47. The van der Waals surface area contributed by atoms with Crippen molar-refractivity contribution in [3.63, 3.8) is 0 Å². The van der Waals surface area contributed by atoms with E-state index >= 15 is 0 Å². The van der Waals surface area contributed by atoms with Gasteiger partial charge in [-0.3, -0.25) is 0 Å². The molecule has 0 fully saturated rings. The summed E-state index contributed by atoms with van der Waals surface area (Å²) in [7, 11) is 0. The minimum Gasteiger partial charge on any atom is -0.411 e. The molecule has 1 aromatic carbocycles. The first-order valence-electron chi connectivity index (χ1n) is 4.85. The van der Waals surface area contributed by atoms with Crippen LogP contribution in [-0.2, 0) is 6.42 Å². The predicted octanol–water partition coefficient (Wildman–Crippen LogP) is 2.38. The van der Waals surface area contributed by atoms with Crippen molar-refractivity contribution in [3.8, 4) is 0 Å². The summed E-state index contributed by atoms with van der Waals surface area (Å²) in [6.45, 7) is 0. The monoisotopic (exact) mass is 286 g/mol. The Morgan fingerprint density at radius 1 is 1.33 bits per heavy atom. The molecule has 2 rings (SSSR count). The molecule has 94 valence electrons. The third-order valence-corrected chi connectivity index (χ3v) is 3.00. The van der Waals surface area contributed by atoms with Crippen LogP contribution in [0.2, 0.25) is 10.0 Å². The summed E-state index contributed by atoms with van der Waals surface area (Å²) in [5, 5.41) is 19.9. The third-order valence-electron chi connectivity index (χ3n) is 2.26. The van der Waals surface area contributed by atoms with Gasteiger partial charge >= 0.3 is 0 Å². The van der Waals surface area contributed by atoms with Crippen LogP contribution in [0, 0.1) is 0 Å². The van der Waals surface area contributed by atoms with Crippen molar-refractivity contribution in [2.24, 2.45) is 5.16 Å². The molecule has 0 unspecified atom stereocenters. The number of nitrogen functional groups attached to an aromatic ring is 1. The second kappa shape index (κ2) is 5.24. The molecule has 8 heteroatoms. The maximum absolute atomic E-state index is 8.97. The van der Waals surface area contributed by atoms with E-state index in [4.69, 9.17) is 34.1 Å². The summed E-state index contributed by atoms with van der Waals surface area (Å²) in [6.07, 6.45) is 0.270. The first kappa shape index (κ1) is 12.7. The fourth-order valence-electron chi connectivity index (χ4n) is 1.41. The van der Waals surface area contributed by atoms with Crippen LogP contribution in [0.3, 0.4) is 0 Å². The fourth-order valence-corrected chi connectivity index (χ4v) is 1.73. The van der Waals surface area contributed by atoms with Gasteiger partial charge in [0.2, 0.25) is 0 Å².